The van der Waals surface area contributed by atoms with Crippen LogP contribution in [0.25, 0.3) is 0 Å². The largest absolute Gasteiger partial charge is 0.366 e. The minimum atomic E-state index is -0.600. The lowest BCUT2D eigenvalue weighted by Crippen LogP contribution is -2.27. The lowest BCUT2D eigenvalue weighted by Gasteiger charge is -2.24. The lowest BCUT2D eigenvalue weighted by atomic mass is 10.0. The first-order valence-electron chi connectivity index (χ1n) is 6.08. The maximum atomic E-state index is 11.4. The number of benzene rings is 1. The van der Waals surface area contributed by atoms with Crippen molar-refractivity contribution >= 4 is 35.0 Å². The van der Waals surface area contributed by atoms with Crippen molar-refractivity contribution in [2.45, 2.75) is 13.0 Å². The van der Waals surface area contributed by atoms with Crippen LogP contribution >= 0.6 is 23.2 Å². The first kappa shape index (κ1) is 15.4. The second-order valence-electron chi connectivity index (χ2n) is 4.59. The highest BCUT2D eigenvalue weighted by Crippen LogP contribution is 2.28. The van der Waals surface area contributed by atoms with Gasteiger partial charge < -0.3 is 16.4 Å². The maximum Gasteiger partial charge on any atom is 0.246 e. The van der Waals surface area contributed by atoms with E-state index in [1.54, 1.807) is 35.5 Å². The predicted molar refractivity (Wildman–Crippen MR) is 81.2 cm³/mol. The fraction of sp³-hybridized carbons (Fsp3) is 0.143. The standard InChI is InChI=1S/C14H13Cl2N3O2/c15-11-2-1-3-12(16)10(11)7-19-5-8(13(17)20)4-9(6-19)14(18)21/h1-3,5-6H,4,7H2,(H2,17,20)(H2,18,21). The van der Waals surface area contributed by atoms with E-state index >= 15 is 0 Å². The number of nitrogens with two attached hydrogens (primary N) is 2. The molecule has 0 aromatic heterocycles. The molecule has 0 unspecified atom stereocenters. The van der Waals surface area contributed by atoms with Gasteiger partial charge in [-0.05, 0) is 12.1 Å². The van der Waals surface area contributed by atoms with Gasteiger partial charge in [0.15, 0.2) is 0 Å². The number of primary amides is 2. The first-order valence-corrected chi connectivity index (χ1v) is 6.83. The second kappa shape index (κ2) is 6.20. The molecule has 0 atom stereocenters. The van der Waals surface area contributed by atoms with Crippen molar-refractivity contribution in [2.75, 3.05) is 0 Å². The van der Waals surface area contributed by atoms with Crippen LogP contribution in [0.2, 0.25) is 10.0 Å². The fourth-order valence-electron chi connectivity index (χ4n) is 1.99. The SMILES string of the molecule is NC(=O)C1=CN(Cc2c(Cl)cccc2Cl)C=C(C(N)=O)C1. The summed E-state index contributed by atoms with van der Waals surface area (Å²) in [5, 5.41) is 0.993. The molecular weight excluding hydrogens is 313 g/mol. The molecule has 5 nitrogen and oxygen atoms in total. The molecule has 0 bridgehead atoms. The van der Waals surface area contributed by atoms with Crippen molar-refractivity contribution in [1.82, 2.24) is 4.90 Å². The van der Waals surface area contributed by atoms with E-state index in [1.165, 1.54) is 0 Å². The number of amides is 2. The Kier molecular flexibility index (Phi) is 4.55. The van der Waals surface area contributed by atoms with Crippen LogP contribution < -0.4 is 11.5 Å². The number of carbonyl (C=O) groups is 2. The van der Waals surface area contributed by atoms with Gasteiger partial charge in [0.05, 0.1) is 0 Å². The van der Waals surface area contributed by atoms with E-state index in [4.69, 9.17) is 34.7 Å². The van der Waals surface area contributed by atoms with Crippen LogP contribution in [0.1, 0.15) is 12.0 Å². The Morgan fingerprint density at radius 2 is 1.52 bits per heavy atom. The molecule has 2 rings (SSSR count). The van der Waals surface area contributed by atoms with Crippen molar-refractivity contribution in [1.29, 1.82) is 0 Å². The molecule has 1 heterocycles. The van der Waals surface area contributed by atoms with Crippen LogP contribution in [-0.4, -0.2) is 16.7 Å². The summed E-state index contributed by atoms with van der Waals surface area (Å²) < 4.78 is 0. The summed E-state index contributed by atoms with van der Waals surface area (Å²) in [6.07, 6.45) is 3.25. The average Bonchev–Trinajstić information content (AvgIpc) is 2.42. The van der Waals surface area contributed by atoms with Crippen LogP contribution in [0.4, 0.5) is 0 Å². The lowest BCUT2D eigenvalue weighted by molar-refractivity contribution is -0.115. The number of hydrogen-bond acceptors (Lipinski definition) is 3. The molecule has 1 aromatic carbocycles. The Hall–Kier alpha value is -1.98. The van der Waals surface area contributed by atoms with Crippen molar-refractivity contribution in [3.05, 3.63) is 57.4 Å². The normalized spacial score (nSPS) is 14.5. The molecule has 0 saturated carbocycles. The quantitative estimate of drug-likeness (QED) is 0.886. The summed E-state index contributed by atoms with van der Waals surface area (Å²) >= 11 is 12.2. The molecule has 0 spiro atoms. The van der Waals surface area contributed by atoms with Crippen LogP contribution in [0, 0.1) is 0 Å². The molecule has 2 amide bonds. The minimum Gasteiger partial charge on any atom is -0.366 e. The van der Waals surface area contributed by atoms with Gasteiger partial charge in [0.1, 0.15) is 0 Å². The average molecular weight is 326 g/mol. The highest BCUT2D eigenvalue weighted by Gasteiger charge is 2.20. The van der Waals surface area contributed by atoms with E-state index in [-0.39, 0.29) is 6.42 Å². The van der Waals surface area contributed by atoms with E-state index in [0.29, 0.717) is 33.3 Å². The highest BCUT2D eigenvalue weighted by molar-refractivity contribution is 6.35. The summed E-state index contributed by atoms with van der Waals surface area (Å²) in [5.41, 5.74) is 11.8. The van der Waals surface area contributed by atoms with Gasteiger partial charge in [0.25, 0.3) is 0 Å². The first-order chi connectivity index (χ1) is 9.88. The Bertz CT molecular complexity index is 618. The molecule has 0 fully saturated rings. The monoisotopic (exact) mass is 325 g/mol. The summed E-state index contributed by atoms with van der Waals surface area (Å²) in [4.78, 5) is 24.3. The zero-order valence-electron chi connectivity index (χ0n) is 11.0. The van der Waals surface area contributed by atoms with E-state index in [9.17, 15) is 9.59 Å². The smallest absolute Gasteiger partial charge is 0.246 e. The van der Waals surface area contributed by atoms with Crippen molar-refractivity contribution in [2.24, 2.45) is 11.5 Å². The highest BCUT2D eigenvalue weighted by atomic mass is 35.5. The second-order valence-corrected chi connectivity index (χ2v) is 5.40. The van der Waals surface area contributed by atoms with Crippen LogP contribution in [0.5, 0.6) is 0 Å². The molecule has 0 saturated heterocycles. The molecule has 4 N–H and O–H groups in total. The molecular formula is C14H13Cl2N3O2. The van der Waals surface area contributed by atoms with Gasteiger partial charge in [-0.3, -0.25) is 9.59 Å². The Morgan fingerprint density at radius 1 is 1.05 bits per heavy atom. The number of carbonyl (C=O) groups excluding carboxylic acids is 2. The van der Waals surface area contributed by atoms with Crippen molar-refractivity contribution < 1.29 is 9.59 Å². The molecule has 0 radical (unpaired) electrons. The Balaban J connectivity index is 2.34. The molecule has 0 aliphatic carbocycles. The van der Waals surface area contributed by atoms with Crippen LogP contribution in [-0.2, 0) is 16.1 Å². The van der Waals surface area contributed by atoms with Crippen LogP contribution in [0.15, 0.2) is 41.7 Å². The van der Waals surface area contributed by atoms with Crippen molar-refractivity contribution in [3.8, 4) is 0 Å². The number of nitrogens with zero attached hydrogens (tertiary/aromatic N) is 1. The van der Waals surface area contributed by atoms with E-state index in [1.807, 2.05) is 0 Å². The molecule has 1 aliphatic rings. The summed E-state index contributed by atoms with van der Waals surface area (Å²) in [6.45, 7) is 0.298. The van der Waals surface area contributed by atoms with Crippen LogP contribution in [0.3, 0.4) is 0 Å². The van der Waals surface area contributed by atoms with E-state index < -0.39 is 11.8 Å². The van der Waals surface area contributed by atoms with Crippen molar-refractivity contribution in [3.63, 3.8) is 0 Å². The zero-order valence-corrected chi connectivity index (χ0v) is 12.5. The third-order valence-electron chi connectivity index (χ3n) is 3.06. The topological polar surface area (TPSA) is 89.4 Å². The van der Waals surface area contributed by atoms with Gasteiger partial charge in [0, 0.05) is 52.1 Å². The summed E-state index contributed by atoms with van der Waals surface area (Å²) in [5.74, 6) is -1.20. The van der Waals surface area contributed by atoms with Gasteiger partial charge in [-0.15, -0.1) is 0 Å². The number of rotatable bonds is 4. The third kappa shape index (κ3) is 3.56. The van der Waals surface area contributed by atoms with Gasteiger partial charge >= 0.3 is 0 Å². The number of halogens is 2. The molecule has 7 heteroatoms. The van der Waals surface area contributed by atoms with Gasteiger partial charge in [-0.25, -0.2) is 0 Å². The third-order valence-corrected chi connectivity index (χ3v) is 3.77. The Morgan fingerprint density at radius 3 is 1.95 bits per heavy atom. The Labute approximate surface area is 131 Å². The molecule has 21 heavy (non-hydrogen) atoms. The molecule has 1 aliphatic heterocycles. The molecule has 1 aromatic rings. The predicted octanol–water partition coefficient (Wildman–Crippen LogP) is 1.94. The van der Waals surface area contributed by atoms with E-state index in [2.05, 4.69) is 0 Å². The number of hydrogen-bond donors (Lipinski definition) is 2. The van der Waals surface area contributed by atoms with Gasteiger partial charge in [-0.2, -0.15) is 0 Å². The van der Waals surface area contributed by atoms with Gasteiger partial charge in [0.2, 0.25) is 11.8 Å². The maximum absolute atomic E-state index is 11.4. The van der Waals surface area contributed by atoms with Gasteiger partial charge in [-0.1, -0.05) is 29.3 Å². The molecule has 110 valence electrons. The fourth-order valence-corrected chi connectivity index (χ4v) is 2.51. The summed E-state index contributed by atoms with van der Waals surface area (Å²) in [6, 6.07) is 5.16. The zero-order chi connectivity index (χ0) is 15.6. The summed E-state index contributed by atoms with van der Waals surface area (Å²) in [7, 11) is 0. The van der Waals surface area contributed by atoms with E-state index in [0.717, 1.165) is 0 Å². The minimum absolute atomic E-state index is 0.122.